The number of hydrogen-bond donors (Lipinski definition) is 3. The first-order valence-corrected chi connectivity index (χ1v) is 11.3. The predicted molar refractivity (Wildman–Crippen MR) is 133 cm³/mol. The van der Waals surface area contributed by atoms with E-state index in [4.69, 9.17) is 11.6 Å². The number of aromatic amines is 1. The van der Waals surface area contributed by atoms with Crippen molar-refractivity contribution in [1.82, 2.24) is 14.9 Å². The molecule has 5 rings (SSSR count). The van der Waals surface area contributed by atoms with Crippen LogP contribution >= 0.6 is 11.6 Å². The molecule has 5 nitrogen and oxygen atoms in total. The largest absolute Gasteiger partial charge is 0.480 e. The Balaban J connectivity index is 1.38. The van der Waals surface area contributed by atoms with Gasteiger partial charge in [0.2, 0.25) is 0 Å². The SMILES string of the molecule is O=C(O)[C@H](Cc1c[nH]c2ccccc12)NCc1cn(Cc2cccc(Cl)c2)c2ccccc12. The molecule has 0 amide bonds. The zero-order chi connectivity index (χ0) is 22.8. The number of carbonyl (C=O) groups is 1. The van der Waals surface area contributed by atoms with Crippen LogP contribution in [0.3, 0.4) is 0 Å². The number of para-hydroxylation sites is 2. The van der Waals surface area contributed by atoms with Crippen LogP contribution in [-0.4, -0.2) is 26.7 Å². The Bertz CT molecular complexity index is 1440. The molecule has 0 saturated heterocycles. The Morgan fingerprint density at radius 3 is 2.61 bits per heavy atom. The predicted octanol–water partition coefficient (Wildman–Crippen LogP) is 5.61. The smallest absolute Gasteiger partial charge is 0.321 e. The van der Waals surface area contributed by atoms with Gasteiger partial charge >= 0.3 is 5.97 Å². The molecule has 2 aromatic heterocycles. The Labute approximate surface area is 196 Å². The lowest BCUT2D eigenvalue weighted by molar-refractivity contribution is -0.139. The van der Waals surface area contributed by atoms with Gasteiger partial charge in [0.05, 0.1) is 0 Å². The Morgan fingerprint density at radius 2 is 1.79 bits per heavy atom. The molecule has 0 aliphatic carbocycles. The highest BCUT2D eigenvalue weighted by molar-refractivity contribution is 6.30. The fourth-order valence-corrected chi connectivity index (χ4v) is 4.64. The van der Waals surface area contributed by atoms with Gasteiger partial charge in [-0.15, -0.1) is 0 Å². The number of nitrogens with zero attached hydrogens (tertiary/aromatic N) is 1. The van der Waals surface area contributed by atoms with Crippen LogP contribution in [0.5, 0.6) is 0 Å². The number of carboxylic acids is 1. The lowest BCUT2D eigenvalue weighted by Gasteiger charge is -2.14. The molecule has 0 unspecified atom stereocenters. The molecular weight excluding hydrogens is 434 g/mol. The van der Waals surface area contributed by atoms with Crippen LogP contribution in [0.25, 0.3) is 21.8 Å². The van der Waals surface area contributed by atoms with E-state index in [1.165, 1.54) is 0 Å². The highest BCUT2D eigenvalue weighted by Gasteiger charge is 2.20. The maximum atomic E-state index is 12.0. The van der Waals surface area contributed by atoms with Crippen molar-refractivity contribution in [1.29, 1.82) is 0 Å². The van der Waals surface area contributed by atoms with Crippen LogP contribution in [0.4, 0.5) is 0 Å². The molecule has 6 heteroatoms. The monoisotopic (exact) mass is 457 g/mol. The molecule has 0 bridgehead atoms. The van der Waals surface area contributed by atoms with Crippen LogP contribution in [0.2, 0.25) is 5.02 Å². The minimum Gasteiger partial charge on any atom is -0.480 e. The lowest BCUT2D eigenvalue weighted by Crippen LogP contribution is -2.38. The highest BCUT2D eigenvalue weighted by Crippen LogP contribution is 2.24. The molecule has 0 saturated carbocycles. The summed E-state index contributed by atoms with van der Waals surface area (Å²) < 4.78 is 2.19. The number of aliphatic carboxylic acids is 1. The Kier molecular flexibility index (Phi) is 5.90. The van der Waals surface area contributed by atoms with Crippen molar-refractivity contribution in [3.8, 4) is 0 Å². The van der Waals surface area contributed by atoms with Crippen molar-refractivity contribution in [3.63, 3.8) is 0 Å². The van der Waals surface area contributed by atoms with Gasteiger partial charge in [-0.05, 0) is 41.0 Å². The molecule has 0 aliphatic rings. The van der Waals surface area contributed by atoms with Crippen LogP contribution in [0, 0.1) is 0 Å². The first-order valence-electron chi connectivity index (χ1n) is 10.9. The third-order valence-corrected chi connectivity index (χ3v) is 6.28. The van der Waals surface area contributed by atoms with Gasteiger partial charge in [0.15, 0.2) is 0 Å². The molecule has 1 atom stereocenters. The minimum atomic E-state index is -0.858. The maximum absolute atomic E-state index is 12.0. The average molecular weight is 458 g/mol. The summed E-state index contributed by atoms with van der Waals surface area (Å²) in [5.41, 5.74) is 5.30. The van der Waals surface area contributed by atoms with Gasteiger partial charge in [0.25, 0.3) is 0 Å². The summed E-state index contributed by atoms with van der Waals surface area (Å²) in [5, 5.41) is 16.0. The summed E-state index contributed by atoms with van der Waals surface area (Å²) >= 11 is 6.17. The van der Waals surface area contributed by atoms with E-state index in [0.717, 1.165) is 38.5 Å². The number of H-pyrrole nitrogens is 1. The number of aromatic nitrogens is 2. The van der Waals surface area contributed by atoms with Gasteiger partial charge in [-0.3, -0.25) is 10.1 Å². The first-order chi connectivity index (χ1) is 16.1. The number of nitrogens with one attached hydrogen (secondary N) is 2. The van der Waals surface area contributed by atoms with E-state index in [1.54, 1.807) is 0 Å². The van der Waals surface area contributed by atoms with Gasteiger partial charge in [-0.2, -0.15) is 0 Å². The van der Waals surface area contributed by atoms with Crippen molar-refractivity contribution >= 4 is 39.4 Å². The molecule has 2 heterocycles. The second-order valence-electron chi connectivity index (χ2n) is 8.26. The summed E-state index contributed by atoms with van der Waals surface area (Å²) in [7, 11) is 0. The van der Waals surface area contributed by atoms with Gasteiger partial charge in [-0.25, -0.2) is 0 Å². The third kappa shape index (κ3) is 4.51. The normalized spacial score (nSPS) is 12.4. The van der Waals surface area contributed by atoms with Crippen molar-refractivity contribution in [2.75, 3.05) is 0 Å². The molecule has 0 aliphatic heterocycles. The highest BCUT2D eigenvalue weighted by atomic mass is 35.5. The number of carboxylic acid groups (broad SMARTS) is 1. The van der Waals surface area contributed by atoms with Crippen molar-refractivity contribution in [2.45, 2.75) is 25.6 Å². The number of fused-ring (bicyclic) bond motifs is 2. The lowest BCUT2D eigenvalue weighted by atomic mass is 10.0. The van der Waals surface area contributed by atoms with Crippen molar-refractivity contribution in [3.05, 3.63) is 107 Å². The van der Waals surface area contributed by atoms with E-state index in [0.29, 0.717) is 24.5 Å². The van der Waals surface area contributed by atoms with Crippen molar-refractivity contribution < 1.29 is 9.90 Å². The number of rotatable bonds is 8. The standard InChI is InChI=1S/C27H24ClN3O2/c28-21-7-5-6-18(12-21)16-31-17-20(23-9-2-4-11-26(23)31)15-30-25(27(32)33)13-19-14-29-24-10-3-1-8-22(19)24/h1-12,14,17,25,29-30H,13,15-16H2,(H,32,33)/t25-/m0/s1. The van der Waals surface area contributed by atoms with E-state index in [9.17, 15) is 9.90 Å². The number of hydrogen-bond acceptors (Lipinski definition) is 2. The van der Waals surface area contributed by atoms with Crippen molar-refractivity contribution in [2.24, 2.45) is 0 Å². The van der Waals surface area contributed by atoms with Gasteiger partial charge < -0.3 is 14.7 Å². The topological polar surface area (TPSA) is 70.0 Å². The Morgan fingerprint density at radius 1 is 1.00 bits per heavy atom. The number of benzene rings is 3. The molecule has 5 aromatic rings. The Hall–Kier alpha value is -3.54. The molecular formula is C27H24ClN3O2. The molecule has 0 spiro atoms. The summed E-state index contributed by atoms with van der Waals surface area (Å²) in [4.78, 5) is 15.3. The third-order valence-electron chi connectivity index (χ3n) is 6.05. The fourth-order valence-electron chi connectivity index (χ4n) is 4.43. The van der Waals surface area contributed by atoms with Gasteiger partial charge in [0, 0.05) is 58.7 Å². The minimum absolute atomic E-state index is 0.403. The molecule has 3 aromatic carbocycles. The van der Waals surface area contributed by atoms with E-state index in [-0.39, 0.29) is 0 Å². The van der Waals surface area contributed by atoms with E-state index in [1.807, 2.05) is 60.8 Å². The maximum Gasteiger partial charge on any atom is 0.321 e. The van der Waals surface area contributed by atoms with E-state index < -0.39 is 12.0 Å². The molecule has 33 heavy (non-hydrogen) atoms. The van der Waals surface area contributed by atoms with Gasteiger partial charge in [0.1, 0.15) is 6.04 Å². The zero-order valence-corrected chi connectivity index (χ0v) is 18.7. The summed E-state index contributed by atoms with van der Waals surface area (Å²) in [6, 6.07) is 23.3. The molecule has 166 valence electrons. The van der Waals surface area contributed by atoms with Crippen LogP contribution in [0.1, 0.15) is 16.7 Å². The fraction of sp³-hybridized carbons (Fsp3) is 0.148. The molecule has 0 radical (unpaired) electrons. The first kappa shape index (κ1) is 21.3. The molecule has 0 fully saturated rings. The van der Waals surface area contributed by atoms with Crippen LogP contribution < -0.4 is 5.32 Å². The van der Waals surface area contributed by atoms with Gasteiger partial charge in [-0.1, -0.05) is 60.1 Å². The summed E-state index contributed by atoms with van der Waals surface area (Å²) in [6.45, 7) is 1.15. The second kappa shape index (κ2) is 9.14. The second-order valence-corrected chi connectivity index (χ2v) is 8.70. The van der Waals surface area contributed by atoms with E-state index in [2.05, 4.69) is 39.3 Å². The quantitative estimate of drug-likeness (QED) is 0.283. The molecule has 3 N–H and O–H groups in total. The summed E-state index contributed by atoms with van der Waals surface area (Å²) in [5.74, 6) is -0.858. The zero-order valence-electron chi connectivity index (χ0n) is 18.0. The average Bonchev–Trinajstić information content (AvgIpc) is 3.38. The van der Waals surface area contributed by atoms with Crippen LogP contribution in [0.15, 0.2) is 85.2 Å². The van der Waals surface area contributed by atoms with Crippen LogP contribution in [-0.2, 0) is 24.3 Å². The summed E-state index contributed by atoms with van der Waals surface area (Å²) in [6.07, 6.45) is 4.41. The number of halogens is 1. The van der Waals surface area contributed by atoms with E-state index >= 15 is 0 Å².